The summed E-state index contributed by atoms with van der Waals surface area (Å²) in [6.45, 7) is 0.146. The van der Waals surface area contributed by atoms with Gasteiger partial charge in [0, 0.05) is 0 Å². The highest BCUT2D eigenvalue weighted by Gasteiger charge is 2.28. The molecule has 23 heavy (non-hydrogen) atoms. The van der Waals surface area contributed by atoms with E-state index in [2.05, 4.69) is 10.7 Å². The summed E-state index contributed by atoms with van der Waals surface area (Å²) >= 11 is 0. The van der Waals surface area contributed by atoms with Gasteiger partial charge in [0.1, 0.15) is 6.61 Å². The lowest BCUT2D eigenvalue weighted by molar-refractivity contribution is -0.136. The van der Waals surface area contributed by atoms with Crippen LogP contribution in [0.3, 0.4) is 0 Å². The monoisotopic (exact) mass is 338 g/mol. The summed E-state index contributed by atoms with van der Waals surface area (Å²) in [5.41, 5.74) is 0. The number of carbonyl (C=O) groups is 1. The maximum absolute atomic E-state index is 13.3. The maximum Gasteiger partial charge on any atom is 0.313 e. The van der Waals surface area contributed by atoms with Crippen molar-refractivity contribution in [1.29, 1.82) is 0 Å². The first-order valence-corrected chi connectivity index (χ1v) is 6.21. The van der Waals surface area contributed by atoms with E-state index in [0.717, 1.165) is 0 Å². The van der Waals surface area contributed by atoms with Gasteiger partial charge in [-0.2, -0.15) is 8.78 Å². The van der Waals surface area contributed by atoms with Gasteiger partial charge in [-0.1, -0.05) is 5.92 Å². The van der Waals surface area contributed by atoms with Crippen molar-refractivity contribution in [2.75, 3.05) is 26.4 Å². The quantitative estimate of drug-likeness (QED) is 0.139. The Morgan fingerprint density at radius 1 is 0.870 bits per heavy atom. The third-order valence-corrected chi connectivity index (χ3v) is 2.39. The van der Waals surface area contributed by atoms with Crippen molar-refractivity contribution in [2.24, 2.45) is 0 Å². The van der Waals surface area contributed by atoms with E-state index in [1.807, 2.05) is 0 Å². The molecule has 0 fully saturated rings. The number of benzene rings is 1. The number of rotatable bonds is 8. The van der Waals surface area contributed by atoms with Gasteiger partial charge in [-0.05, 0) is 0 Å². The second-order valence-corrected chi connectivity index (χ2v) is 3.99. The number of halogens is 5. The second-order valence-electron chi connectivity index (χ2n) is 3.99. The molecule has 0 amide bonds. The highest BCUT2D eigenvalue weighted by atomic mass is 19.2. The van der Waals surface area contributed by atoms with Gasteiger partial charge in [-0.25, -0.2) is 13.2 Å². The zero-order chi connectivity index (χ0) is 17.4. The lowest BCUT2D eigenvalue weighted by Crippen LogP contribution is -2.16. The summed E-state index contributed by atoms with van der Waals surface area (Å²) < 4.78 is 79.1. The topological polar surface area (TPSA) is 44.8 Å². The summed E-state index contributed by atoms with van der Waals surface area (Å²) in [6, 6.07) is 0. The molecule has 0 bridgehead atoms. The van der Waals surface area contributed by atoms with Crippen molar-refractivity contribution in [3.8, 4) is 18.1 Å². The molecule has 9 heteroatoms. The van der Waals surface area contributed by atoms with Gasteiger partial charge in [0.05, 0.1) is 26.2 Å². The van der Waals surface area contributed by atoms with Crippen molar-refractivity contribution < 1.29 is 41.0 Å². The van der Waals surface area contributed by atoms with Gasteiger partial charge in [0.2, 0.25) is 34.8 Å². The fourth-order valence-corrected chi connectivity index (χ4v) is 1.35. The van der Waals surface area contributed by atoms with E-state index in [1.165, 1.54) is 0 Å². The first kappa shape index (κ1) is 18.9. The number of hydrogen-bond acceptors (Lipinski definition) is 4. The molecule has 0 aliphatic rings. The number of carbonyl (C=O) groups excluding carboxylic acids is 1. The lowest BCUT2D eigenvalue weighted by atomic mass is 10.2. The molecule has 1 aromatic rings. The average Bonchev–Trinajstić information content (AvgIpc) is 2.54. The molecule has 0 aliphatic heterocycles. The van der Waals surface area contributed by atoms with Gasteiger partial charge in [0.25, 0.3) is 0 Å². The normalized spacial score (nSPS) is 10.4. The maximum atomic E-state index is 13.3. The van der Waals surface area contributed by atoms with E-state index in [1.54, 1.807) is 0 Å². The van der Waals surface area contributed by atoms with Crippen molar-refractivity contribution in [1.82, 2.24) is 0 Å². The minimum Gasteiger partial charge on any atom is -0.420 e. The third-order valence-electron chi connectivity index (χ3n) is 2.39. The fourth-order valence-electron chi connectivity index (χ4n) is 1.35. The molecule has 0 saturated heterocycles. The molecular formula is C14H11F5O4. The molecule has 1 aromatic carbocycles. The summed E-state index contributed by atoms with van der Waals surface area (Å²) in [7, 11) is 0. The van der Waals surface area contributed by atoms with Crippen molar-refractivity contribution in [3.63, 3.8) is 0 Å². The van der Waals surface area contributed by atoms with Gasteiger partial charge in [-0.15, -0.1) is 6.42 Å². The predicted molar refractivity (Wildman–Crippen MR) is 67.0 cm³/mol. The average molecular weight is 338 g/mol. The molecule has 4 nitrogen and oxygen atoms in total. The van der Waals surface area contributed by atoms with E-state index in [4.69, 9.17) is 15.9 Å². The zero-order valence-corrected chi connectivity index (χ0v) is 11.6. The van der Waals surface area contributed by atoms with Crippen LogP contribution >= 0.6 is 0 Å². The standard InChI is InChI=1S/C14H11F5O4/c1-2-4-21-6-7-22-5-3-8(20)23-14-12(18)10(16)9(15)11(17)13(14)19/h1H,3-7H2. The summed E-state index contributed by atoms with van der Waals surface area (Å²) in [4.78, 5) is 11.3. The molecule has 0 atom stereocenters. The molecule has 0 aliphatic carbocycles. The molecule has 1 rings (SSSR count). The Bertz CT molecular complexity index is 583. The van der Waals surface area contributed by atoms with E-state index < -0.39 is 47.2 Å². The molecule has 0 spiro atoms. The summed E-state index contributed by atoms with van der Waals surface area (Å²) in [6.07, 6.45) is 4.46. The Hall–Kier alpha value is -2.18. The zero-order valence-electron chi connectivity index (χ0n) is 11.6. The molecular weight excluding hydrogens is 327 g/mol. The molecule has 126 valence electrons. The lowest BCUT2D eigenvalue weighted by Gasteiger charge is -2.09. The molecule has 0 radical (unpaired) electrons. The molecule has 0 unspecified atom stereocenters. The van der Waals surface area contributed by atoms with E-state index >= 15 is 0 Å². The van der Waals surface area contributed by atoms with Gasteiger partial charge < -0.3 is 14.2 Å². The van der Waals surface area contributed by atoms with Gasteiger partial charge >= 0.3 is 5.97 Å². The Kier molecular flexibility index (Phi) is 7.44. The van der Waals surface area contributed by atoms with Crippen LogP contribution in [0.1, 0.15) is 6.42 Å². The minimum absolute atomic E-state index is 0.0889. The van der Waals surface area contributed by atoms with E-state index in [-0.39, 0.29) is 26.4 Å². The number of ether oxygens (including phenoxy) is 3. The van der Waals surface area contributed by atoms with Crippen LogP contribution < -0.4 is 4.74 Å². The van der Waals surface area contributed by atoms with Crippen LogP contribution in [-0.2, 0) is 14.3 Å². The minimum atomic E-state index is -2.34. The molecule has 0 aromatic heterocycles. The van der Waals surface area contributed by atoms with Gasteiger partial charge in [0.15, 0.2) is 0 Å². The predicted octanol–water partition coefficient (Wildman–Crippen LogP) is 2.34. The Morgan fingerprint density at radius 3 is 1.96 bits per heavy atom. The van der Waals surface area contributed by atoms with Gasteiger partial charge in [-0.3, -0.25) is 4.79 Å². The van der Waals surface area contributed by atoms with Crippen LogP contribution in [0.15, 0.2) is 0 Å². The van der Waals surface area contributed by atoms with Crippen molar-refractivity contribution >= 4 is 5.97 Å². The highest BCUT2D eigenvalue weighted by molar-refractivity contribution is 5.72. The molecule has 0 N–H and O–H groups in total. The van der Waals surface area contributed by atoms with Crippen LogP contribution in [0.25, 0.3) is 0 Å². The number of terminal acetylenes is 1. The van der Waals surface area contributed by atoms with Crippen LogP contribution in [0.2, 0.25) is 0 Å². The Labute approximate surface area is 128 Å². The first-order chi connectivity index (χ1) is 10.9. The Morgan fingerprint density at radius 2 is 1.39 bits per heavy atom. The second kappa shape index (κ2) is 9.07. The number of hydrogen-bond donors (Lipinski definition) is 0. The highest BCUT2D eigenvalue weighted by Crippen LogP contribution is 2.29. The third kappa shape index (κ3) is 5.19. The molecule has 0 saturated carbocycles. The number of esters is 1. The Balaban J connectivity index is 2.51. The van der Waals surface area contributed by atoms with Crippen molar-refractivity contribution in [2.45, 2.75) is 6.42 Å². The first-order valence-electron chi connectivity index (χ1n) is 6.21. The summed E-state index contributed by atoms with van der Waals surface area (Å²) in [5.74, 6) is -11.8. The molecule has 0 heterocycles. The van der Waals surface area contributed by atoms with Crippen LogP contribution in [0, 0.1) is 41.4 Å². The van der Waals surface area contributed by atoms with Crippen LogP contribution in [0.5, 0.6) is 5.75 Å². The van der Waals surface area contributed by atoms with Crippen LogP contribution in [0.4, 0.5) is 22.0 Å². The van der Waals surface area contributed by atoms with Crippen LogP contribution in [-0.4, -0.2) is 32.4 Å². The SMILES string of the molecule is C#CCOCCOCCC(=O)Oc1c(F)c(F)c(F)c(F)c1F. The largest absolute Gasteiger partial charge is 0.420 e. The smallest absolute Gasteiger partial charge is 0.313 e. The van der Waals surface area contributed by atoms with E-state index in [9.17, 15) is 26.7 Å². The fraction of sp³-hybridized carbons (Fsp3) is 0.357. The van der Waals surface area contributed by atoms with Crippen molar-refractivity contribution in [3.05, 3.63) is 29.1 Å². The van der Waals surface area contributed by atoms with E-state index in [0.29, 0.717) is 0 Å². The summed E-state index contributed by atoms with van der Waals surface area (Å²) in [5, 5.41) is 0.